The predicted molar refractivity (Wildman–Crippen MR) is 73.9 cm³/mol. The summed E-state index contributed by atoms with van der Waals surface area (Å²) in [5.41, 5.74) is 2.95. The van der Waals surface area contributed by atoms with Crippen molar-refractivity contribution in [1.29, 1.82) is 0 Å². The van der Waals surface area contributed by atoms with Crippen LogP contribution in [-0.2, 0) is 0 Å². The Morgan fingerprint density at radius 1 is 1.22 bits per heavy atom. The minimum atomic E-state index is 0.0810. The van der Waals surface area contributed by atoms with Gasteiger partial charge in [0.15, 0.2) is 0 Å². The van der Waals surface area contributed by atoms with E-state index in [1.165, 1.54) is 0 Å². The van der Waals surface area contributed by atoms with Gasteiger partial charge in [-0.3, -0.25) is 4.79 Å². The molecule has 1 aromatic rings. The quantitative estimate of drug-likeness (QED) is 0.839. The molecule has 0 saturated carbocycles. The van der Waals surface area contributed by atoms with E-state index in [1.54, 1.807) is 0 Å². The lowest BCUT2D eigenvalue weighted by atomic mass is 10.0. The van der Waals surface area contributed by atoms with Crippen molar-refractivity contribution in [3.63, 3.8) is 0 Å². The van der Waals surface area contributed by atoms with Crippen molar-refractivity contribution in [3.8, 4) is 0 Å². The Kier molecular flexibility index (Phi) is 4.37. The summed E-state index contributed by atoms with van der Waals surface area (Å²) in [5.74, 6) is 0.0810. The molecule has 1 saturated heterocycles. The Balaban J connectivity index is 2.07. The Bertz CT molecular complexity index is 400. The zero-order valence-corrected chi connectivity index (χ0v) is 11.3. The number of amides is 1. The molecule has 3 nitrogen and oxygen atoms in total. The molecule has 18 heavy (non-hydrogen) atoms. The van der Waals surface area contributed by atoms with Crippen LogP contribution in [0.1, 0.15) is 40.7 Å². The molecule has 98 valence electrons. The van der Waals surface area contributed by atoms with E-state index >= 15 is 0 Å². The van der Waals surface area contributed by atoms with Crippen LogP contribution in [0, 0.1) is 13.8 Å². The molecule has 1 aliphatic rings. The third-order valence-corrected chi connectivity index (χ3v) is 3.62. The molecule has 2 rings (SSSR count). The molecule has 1 atom stereocenters. The minimum absolute atomic E-state index is 0.0810. The van der Waals surface area contributed by atoms with Crippen molar-refractivity contribution >= 4 is 5.91 Å². The van der Waals surface area contributed by atoms with Crippen LogP contribution in [-0.4, -0.2) is 25.0 Å². The number of rotatable bonds is 2. The van der Waals surface area contributed by atoms with Gasteiger partial charge in [-0.05, 0) is 57.3 Å². The average molecular weight is 246 g/mol. The molecular formula is C15H22N2O. The third kappa shape index (κ3) is 3.10. The van der Waals surface area contributed by atoms with Crippen molar-refractivity contribution in [3.05, 3.63) is 34.9 Å². The molecule has 1 fully saturated rings. The summed E-state index contributed by atoms with van der Waals surface area (Å²) in [4.78, 5) is 12.3. The topological polar surface area (TPSA) is 41.1 Å². The summed E-state index contributed by atoms with van der Waals surface area (Å²) in [6.07, 6.45) is 3.23. The number of hydrogen-bond donors (Lipinski definition) is 2. The van der Waals surface area contributed by atoms with Crippen LogP contribution in [0.5, 0.6) is 0 Å². The van der Waals surface area contributed by atoms with E-state index in [1.807, 2.05) is 32.0 Å². The van der Waals surface area contributed by atoms with Gasteiger partial charge in [0.1, 0.15) is 0 Å². The van der Waals surface area contributed by atoms with E-state index in [4.69, 9.17) is 0 Å². The van der Waals surface area contributed by atoms with Crippen LogP contribution in [0.4, 0.5) is 0 Å². The Morgan fingerprint density at radius 2 is 1.94 bits per heavy atom. The Hall–Kier alpha value is -1.35. The summed E-state index contributed by atoms with van der Waals surface area (Å²) >= 11 is 0. The van der Waals surface area contributed by atoms with Gasteiger partial charge < -0.3 is 10.6 Å². The van der Waals surface area contributed by atoms with Crippen molar-refractivity contribution in [1.82, 2.24) is 10.6 Å². The largest absolute Gasteiger partial charge is 0.349 e. The van der Waals surface area contributed by atoms with Crippen LogP contribution >= 0.6 is 0 Å². The molecule has 0 radical (unpaired) electrons. The number of hydrogen-bond acceptors (Lipinski definition) is 2. The highest BCUT2D eigenvalue weighted by Crippen LogP contribution is 2.14. The van der Waals surface area contributed by atoms with Crippen molar-refractivity contribution in [2.45, 2.75) is 39.2 Å². The molecule has 2 N–H and O–H groups in total. The molecule has 0 spiro atoms. The zero-order valence-electron chi connectivity index (χ0n) is 11.3. The van der Waals surface area contributed by atoms with Crippen molar-refractivity contribution in [2.24, 2.45) is 0 Å². The monoisotopic (exact) mass is 246 g/mol. The molecule has 0 aliphatic carbocycles. The number of nitrogens with one attached hydrogen (secondary N) is 2. The molecule has 1 amide bonds. The summed E-state index contributed by atoms with van der Waals surface area (Å²) < 4.78 is 0. The van der Waals surface area contributed by atoms with Gasteiger partial charge in [-0.25, -0.2) is 0 Å². The Morgan fingerprint density at radius 3 is 2.67 bits per heavy atom. The third-order valence-electron chi connectivity index (χ3n) is 3.62. The van der Waals surface area contributed by atoms with Crippen LogP contribution < -0.4 is 10.6 Å². The molecule has 0 aromatic heterocycles. The lowest BCUT2D eigenvalue weighted by Gasteiger charge is -2.17. The van der Waals surface area contributed by atoms with Gasteiger partial charge in [-0.1, -0.05) is 18.2 Å². The second kappa shape index (κ2) is 6.01. The first-order chi connectivity index (χ1) is 8.68. The minimum Gasteiger partial charge on any atom is -0.349 e. The second-order valence-electron chi connectivity index (χ2n) is 5.12. The molecule has 3 heteroatoms. The van der Waals surface area contributed by atoms with Gasteiger partial charge >= 0.3 is 0 Å². The van der Waals surface area contributed by atoms with Crippen LogP contribution in [0.2, 0.25) is 0 Å². The molecule has 1 unspecified atom stereocenters. The van der Waals surface area contributed by atoms with Crippen LogP contribution in [0.3, 0.4) is 0 Å². The summed E-state index contributed by atoms with van der Waals surface area (Å²) in [6, 6.07) is 6.30. The average Bonchev–Trinajstić information content (AvgIpc) is 2.57. The maximum Gasteiger partial charge on any atom is 0.252 e. The van der Waals surface area contributed by atoms with Crippen LogP contribution in [0.15, 0.2) is 18.2 Å². The predicted octanol–water partition coefficient (Wildman–Crippen LogP) is 2.18. The lowest BCUT2D eigenvalue weighted by Crippen LogP contribution is -2.36. The fourth-order valence-electron chi connectivity index (χ4n) is 2.59. The molecule has 0 bridgehead atoms. The van der Waals surface area contributed by atoms with Gasteiger partial charge in [-0.15, -0.1) is 0 Å². The first kappa shape index (κ1) is 13.1. The summed E-state index contributed by atoms with van der Waals surface area (Å²) in [6.45, 7) is 6.06. The molecule has 1 aromatic carbocycles. The van der Waals surface area contributed by atoms with Gasteiger partial charge in [0.25, 0.3) is 5.91 Å². The van der Waals surface area contributed by atoms with Gasteiger partial charge in [0.05, 0.1) is 0 Å². The Labute approximate surface area is 109 Å². The first-order valence-electron chi connectivity index (χ1n) is 6.76. The van der Waals surface area contributed by atoms with E-state index in [2.05, 4.69) is 10.6 Å². The fraction of sp³-hybridized carbons (Fsp3) is 0.533. The highest BCUT2D eigenvalue weighted by molar-refractivity contribution is 5.97. The second-order valence-corrected chi connectivity index (χ2v) is 5.12. The van der Waals surface area contributed by atoms with E-state index in [-0.39, 0.29) is 5.91 Å². The standard InChI is InChI=1S/C15H22N2O/c1-11-5-3-6-12(2)14(11)15(18)17-13-7-4-9-16-10-8-13/h3,5-6,13,16H,4,7-10H2,1-2H3,(H,17,18). The number of carbonyl (C=O) groups is 1. The van der Waals surface area contributed by atoms with Gasteiger partial charge in [0, 0.05) is 11.6 Å². The summed E-state index contributed by atoms with van der Waals surface area (Å²) in [7, 11) is 0. The van der Waals surface area contributed by atoms with Gasteiger partial charge in [-0.2, -0.15) is 0 Å². The highest BCUT2D eigenvalue weighted by atomic mass is 16.1. The highest BCUT2D eigenvalue weighted by Gasteiger charge is 2.17. The number of aryl methyl sites for hydroxylation is 2. The smallest absolute Gasteiger partial charge is 0.252 e. The van der Waals surface area contributed by atoms with E-state index in [0.29, 0.717) is 6.04 Å². The number of benzene rings is 1. The van der Waals surface area contributed by atoms with E-state index in [9.17, 15) is 4.79 Å². The molecule has 1 aliphatic heterocycles. The van der Waals surface area contributed by atoms with E-state index < -0.39 is 0 Å². The first-order valence-corrected chi connectivity index (χ1v) is 6.76. The van der Waals surface area contributed by atoms with Gasteiger partial charge in [0.2, 0.25) is 0 Å². The number of carbonyl (C=O) groups excluding carboxylic acids is 1. The normalized spacial score (nSPS) is 20.2. The van der Waals surface area contributed by atoms with E-state index in [0.717, 1.165) is 49.0 Å². The lowest BCUT2D eigenvalue weighted by molar-refractivity contribution is 0.0933. The zero-order chi connectivity index (χ0) is 13.0. The maximum atomic E-state index is 12.3. The van der Waals surface area contributed by atoms with Crippen molar-refractivity contribution in [2.75, 3.05) is 13.1 Å². The SMILES string of the molecule is Cc1cccc(C)c1C(=O)NC1CCCNCC1. The van der Waals surface area contributed by atoms with Crippen molar-refractivity contribution < 1.29 is 4.79 Å². The maximum absolute atomic E-state index is 12.3. The molecular weight excluding hydrogens is 224 g/mol. The van der Waals surface area contributed by atoms with Crippen LogP contribution in [0.25, 0.3) is 0 Å². The fourth-order valence-corrected chi connectivity index (χ4v) is 2.59. The molecule has 1 heterocycles. The summed E-state index contributed by atoms with van der Waals surface area (Å²) in [5, 5.41) is 6.54.